The monoisotopic (exact) mass is 234 g/mol. The molecule has 0 aliphatic carbocycles. The van der Waals surface area contributed by atoms with E-state index < -0.39 is 22.2 Å². The van der Waals surface area contributed by atoms with Crippen LogP contribution in [0.1, 0.15) is 11.1 Å². The zero-order valence-electron chi connectivity index (χ0n) is 7.25. The lowest BCUT2D eigenvalue weighted by molar-refractivity contribution is 0.561. The molecule has 1 aromatic rings. The maximum Gasteiger partial charge on any atom is 0.157 e. The van der Waals surface area contributed by atoms with E-state index in [-0.39, 0.29) is 11.5 Å². The Labute approximate surface area is 86.9 Å². The van der Waals surface area contributed by atoms with E-state index in [1.54, 1.807) is 24.3 Å². The summed E-state index contributed by atoms with van der Waals surface area (Å²) in [5.41, 5.74) is 1.47. The lowest BCUT2D eigenvalue weighted by atomic mass is 10.2. The Morgan fingerprint density at radius 2 is 1.14 bits per heavy atom. The molecule has 0 saturated carbocycles. The fourth-order valence-electron chi connectivity index (χ4n) is 1.02. The number of rotatable bonds is 4. The van der Waals surface area contributed by atoms with Crippen LogP contribution >= 0.6 is 0 Å². The van der Waals surface area contributed by atoms with E-state index in [2.05, 4.69) is 0 Å². The number of hydrogen-bond acceptors (Lipinski definition) is 2. The molecule has 2 atom stereocenters. The van der Waals surface area contributed by atoms with Crippen LogP contribution < -0.4 is 0 Å². The molecule has 0 aliphatic rings. The van der Waals surface area contributed by atoms with Gasteiger partial charge < -0.3 is 9.11 Å². The third-order valence-corrected chi connectivity index (χ3v) is 2.76. The third-order valence-electron chi connectivity index (χ3n) is 1.60. The molecule has 0 amide bonds. The van der Waals surface area contributed by atoms with Crippen LogP contribution in [-0.2, 0) is 33.7 Å². The molecule has 0 saturated heterocycles. The highest BCUT2D eigenvalue weighted by Gasteiger charge is 2.00. The minimum atomic E-state index is -1.84. The van der Waals surface area contributed by atoms with Gasteiger partial charge in [0.05, 0.1) is 11.5 Å². The molecular formula is C8H10O4S2. The van der Waals surface area contributed by atoms with Gasteiger partial charge in [0.2, 0.25) is 0 Å². The van der Waals surface area contributed by atoms with Gasteiger partial charge in [-0.3, -0.25) is 0 Å². The molecule has 0 aromatic heterocycles. The first-order chi connectivity index (χ1) is 6.58. The van der Waals surface area contributed by atoms with Gasteiger partial charge in [-0.05, 0) is 11.1 Å². The first-order valence-corrected chi connectivity index (χ1v) is 6.36. The summed E-state index contributed by atoms with van der Waals surface area (Å²) in [5.74, 6) is 0.172. The van der Waals surface area contributed by atoms with E-state index in [0.717, 1.165) is 11.1 Å². The van der Waals surface area contributed by atoms with Crippen molar-refractivity contribution in [1.82, 2.24) is 0 Å². The van der Waals surface area contributed by atoms with Gasteiger partial charge in [0, 0.05) is 0 Å². The number of hydrogen-bond donors (Lipinski definition) is 2. The summed E-state index contributed by atoms with van der Waals surface area (Å²) in [5, 5.41) is 0. The van der Waals surface area contributed by atoms with Crippen LogP contribution in [0.25, 0.3) is 0 Å². The molecular weight excluding hydrogens is 224 g/mol. The number of benzene rings is 1. The Morgan fingerprint density at radius 3 is 1.36 bits per heavy atom. The SMILES string of the molecule is O=S(O)Cc1ccc(CS(=O)O)cc1. The second kappa shape index (κ2) is 5.35. The molecule has 14 heavy (non-hydrogen) atoms. The normalized spacial score (nSPS) is 15.0. The summed E-state index contributed by atoms with van der Waals surface area (Å²) in [6.45, 7) is 0. The second-order valence-corrected chi connectivity index (χ2v) is 4.61. The molecule has 0 aliphatic heterocycles. The third kappa shape index (κ3) is 4.10. The maximum atomic E-state index is 10.5. The van der Waals surface area contributed by atoms with E-state index in [1.165, 1.54) is 0 Å². The molecule has 0 radical (unpaired) electrons. The maximum absolute atomic E-state index is 10.5. The van der Waals surface area contributed by atoms with Crippen LogP contribution in [0.4, 0.5) is 0 Å². The lowest BCUT2D eigenvalue weighted by Gasteiger charge is -2.00. The van der Waals surface area contributed by atoms with Gasteiger partial charge in [-0.25, -0.2) is 8.42 Å². The first kappa shape index (κ1) is 11.5. The predicted molar refractivity (Wildman–Crippen MR) is 55.4 cm³/mol. The van der Waals surface area contributed by atoms with E-state index in [9.17, 15) is 8.42 Å². The van der Waals surface area contributed by atoms with Crippen molar-refractivity contribution in [2.75, 3.05) is 0 Å². The van der Waals surface area contributed by atoms with Crippen molar-refractivity contribution >= 4 is 22.2 Å². The van der Waals surface area contributed by atoms with Gasteiger partial charge in [-0.15, -0.1) is 0 Å². The molecule has 4 nitrogen and oxygen atoms in total. The van der Waals surface area contributed by atoms with Crippen molar-refractivity contribution in [3.8, 4) is 0 Å². The fraction of sp³-hybridized carbons (Fsp3) is 0.250. The Hall–Kier alpha value is -0.560. The lowest BCUT2D eigenvalue weighted by Crippen LogP contribution is -1.95. The summed E-state index contributed by atoms with van der Waals surface area (Å²) in [4.78, 5) is 0. The van der Waals surface area contributed by atoms with Crippen LogP contribution in [0, 0.1) is 0 Å². The van der Waals surface area contributed by atoms with E-state index in [0.29, 0.717) is 0 Å². The van der Waals surface area contributed by atoms with E-state index in [4.69, 9.17) is 9.11 Å². The predicted octanol–water partition coefficient (Wildman–Crippen LogP) is 1.13. The second-order valence-electron chi connectivity index (χ2n) is 2.75. The molecule has 0 bridgehead atoms. The summed E-state index contributed by atoms with van der Waals surface area (Å²) in [6, 6.07) is 6.71. The van der Waals surface area contributed by atoms with Crippen molar-refractivity contribution in [3.63, 3.8) is 0 Å². The standard InChI is InChI=1S/C8H10O4S2/c9-13(10)5-7-1-2-8(4-3-7)6-14(11)12/h1-4H,5-6H2,(H,9,10)(H,11,12). The van der Waals surface area contributed by atoms with Crippen molar-refractivity contribution in [2.24, 2.45) is 0 Å². The molecule has 0 fully saturated rings. The summed E-state index contributed by atoms with van der Waals surface area (Å²) < 4.78 is 38.1. The van der Waals surface area contributed by atoms with Crippen LogP contribution in [0.5, 0.6) is 0 Å². The molecule has 6 heteroatoms. The zero-order chi connectivity index (χ0) is 10.6. The van der Waals surface area contributed by atoms with Crippen LogP contribution in [0.15, 0.2) is 24.3 Å². The molecule has 2 N–H and O–H groups in total. The molecule has 78 valence electrons. The minimum absolute atomic E-state index is 0.0858. The Bertz CT molecular complexity index is 312. The fourth-order valence-corrected chi connectivity index (χ4v) is 1.97. The minimum Gasteiger partial charge on any atom is -0.306 e. The van der Waals surface area contributed by atoms with Crippen molar-refractivity contribution in [2.45, 2.75) is 11.5 Å². The summed E-state index contributed by atoms with van der Waals surface area (Å²) in [7, 11) is 0. The quantitative estimate of drug-likeness (QED) is 0.766. The Kier molecular flexibility index (Phi) is 4.40. The van der Waals surface area contributed by atoms with Crippen molar-refractivity contribution in [1.29, 1.82) is 0 Å². The van der Waals surface area contributed by atoms with Gasteiger partial charge in [-0.2, -0.15) is 0 Å². The van der Waals surface area contributed by atoms with E-state index in [1.807, 2.05) is 0 Å². The van der Waals surface area contributed by atoms with Crippen molar-refractivity contribution in [3.05, 3.63) is 35.4 Å². The molecule has 1 rings (SSSR count). The van der Waals surface area contributed by atoms with Crippen molar-refractivity contribution < 1.29 is 17.5 Å². The summed E-state index contributed by atoms with van der Waals surface area (Å²) >= 11 is -3.69. The molecule has 0 heterocycles. The molecule has 2 unspecified atom stereocenters. The first-order valence-electron chi connectivity index (χ1n) is 3.80. The van der Waals surface area contributed by atoms with Gasteiger partial charge in [0.1, 0.15) is 0 Å². The van der Waals surface area contributed by atoms with Crippen LogP contribution in [0.3, 0.4) is 0 Å². The highest BCUT2D eigenvalue weighted by atomic mass is 32.2. The highest BCUT2D eigenvalue weighted by molar-refractivity contribution is 7.78. The Morgan fingerprint density at radius 1 is 0.857 bits per heavy atom. The van der Waals surface area contributed by atoms with Gasteiger partial charge in [0.15, 0.2) is 22.2 Å². The summed E-state index contributed by atoms with van der Waals surface area (Å²) in [6.07, 6.45) is 0. The molecule has 1 aromatic carbocycles. The highest BCUT2D eigenvalue weighted by Crippen LogP contribution is 2.07. The average molecular weight is 234 g/mol. The van der Waals surface area contributed by atoms with E-state index >= 15 is 0 Å². The average Bonchev–Trinajstić information content (AvgIpc) is 2.06. The largest absolute Gasteiger partial charge is 0.306 e. The van der Waals surface area contributed by atoms with Crippen LogP contribution in [0.2, 0.25) is 0 Å². The van der Waals surface area contributed by atoms with Gasteiger partial charge in [-0.1, -0.05) is 24.3 Å². The van der Waals surface area contributed by atoms with Gasteiger partial charge >= 0.3 is 0 Å². The van der Waals surface area contributed by atoms with Crippen LogP contribution in [-0.4, -0.2) is 17.5 Å². The van der Waals surface area contributed by atoms with Gasteiger partial charge in [0.25, 0.3) is 0 Å². The zero-order valence-corrected chi connectivity index (χ0v) is 8.88. The Balaban J connectivity index is 2.68. The topological polar surface area (TPSA) is 74.6 Å². The molecule has 0 spiro atoms. The smallest absolute Gasteiger partial charge is 0.157 e.